The molecule has 4 saturated carbocycles. The van der Waals surface area contributed by atoms with E-state index in [1.165, 1.54) is 44.9 Å². The van der Waals surface area contributed by atoms with Crippen molar-refractivity contribution in [3.05, 3.63) is 39.9 Å². The summed E-state index contributed by atoms with van der Waals surface area (Å²) in [6.45, 7) is 4.92. The Morgan fingerprint density at radius 1 is 1.04 bits per heavy atom. The van der Waals surface area contributed by atoms with Crippen molar-refractivity contribution in [2.24, 2.45) is 34.5 Å². The Hall–Kier alpha value is -0.890. The smallest absolute Gasteiger partial charge is 0.165 e. The predicted octanol–water partition coefficient (Wildman–Crippen LogP) is 7.44. The summed E-state index contributed by atoms with van der Waals surface area (Å²) in [5.41, 5.74) is 2.67. The molecule has 150 valence electrons. The summed E-state index contributed by atoms with van der Waals surface area (Å²) in [4.78, 5) is 13.5. The highest BCUT2D eigenvalue weighted by molar-refractivity contribution is 9.10. The minimum absolute atomic E-state index is 0.114. The molecule has 5 rings (SSSR count). The van der Waals surface area contributed by atoms with Gasteiger partial charge in [0.05, 0.1) is 0 Å². The van der Waals surface area contributed by atoms with E-state index in [0.29, 0.717) is 17.1 Å². The standard InChI is InChI=1S/C26H33BrO/c1-25-12-4-3-7-19(25)9-10-21-22(25)11-13-26(2)23(21)16-18(24(26)28)14-17-6-5-8-20(27)15-17/h5-6,8,14-15,19,21-23H,3-4,7,9-13,16H2,1-2H3/b18-14+/t19-,21-,22+,23+,25-,26+/m0/s1. The second kappa shape index (κ2) is 6.83. The summed E-state index contributed by atoms with van der Waals surface area (Å²) in [7, 11) is 0. The third-order valence-corrected chi connectivity index (χ3v) is 9.91. The fraction of sp³-hybridized carbons (Fsp3) is 0.654. The lowest BCUT2D eigenvalue weighted by Gasteiger charge is -2.59. The van der Waals surface area contributed by atoms with E-state index in [-0.39, 0.29) is 5.41 Å². The number of Topliss-reactive ketones (excluding diaryl/α,β-unsaturated/α-hetero) is 1. The van der Waals surface area contributed by atoms with Crippen molar-refractivity contribution < 1.29 is 4.79 Å². The van der Waals surface area contributed by atoms with Crippen molar-refractivity contribution in [3.63, 3.8) is 0 Å². The molecule has 28 heavy (non-hydrogen) atoms. The van der Waals surface area contributed by atoms with Crippen LogP contribution in [0, 0.1) is 34.5 Å². The second-order valence-electron chi connectivity index (χ2n) is 10.6. The van der Waals surface area contributed by atoms with Crippen molar-refractivity contribution in [3.8, 4) is 0 Å². The van der Waals surface area contributed by atoms with Gasteiger partial charge in [-0.15, -0.1) is 0 Å². The lowest BCUT2D eigenvalue weighted by molar-refractivity contribution is -0.137. The van der Waals surface area contributed by atoms with Crippen LogP contribution in [0.15, 0.2) is 34.3 Å². The van der Waals surface area contributed by atoms with Gasteiger partial charge in [-0.05, 0) is 103 Å². The Kier molecular flexibility index (Phi) is 4.66. The van der Waals surface area contributed by atoms with Gasteiger partial charge < -0.3 is 0 Å². The van der Waals surface area contributed by atoms with E-state index in [2.05, 4.69) is 54.1 Å². The number of carbonyl (C=O) groups excluding carboxylic acids is 1. The molecule has 0 N–H and O–H groups in total. The van der Waals surface area contributed by atoms with Gasteiger partial charge in [0.15, 0.2) is 5.78 Å². The molecule has 1 aromatic carbocycles. The second-order valence-corrected chi connectivity index (χ2v) is 11.5. The first-order valence-electron chi connectivity index (χ1n) is 11.4. The van der Waals surface area contributed by atoms with E-state index in [1.807, 2.05) is 6.07 Å². The Morgan fingerprint density at radius 3 is 2.71 bits per heavy atom. The maximum absolute atomic E-state index is 13.5. The molecule has 1 nitrogen and oxygen atoms in total. The average molecular weight is 441 g/mol. The fourth-order valence-electron chi connectivity index (χ4n) is 7.89. The lowest BCUT2D eigenvalue weighted by atomic mass is 9.45. The summed E-state index contributed by atoms with van der Waals surface area (Å²) in [6, 6.07) is 8.35. The van der Waals surface area contributed by atoms with Gasteiger partial charge in [-0.3, -0.25) is 4.79 Å². The SMILES string of the molecule is C[C@]12CCCC[C@H]1CC[C@H]1[C@H]2CC[C@@]2(C)C(=O)/C(=C/c3cccc(Br)c3)C[C@H]12. The summed E-state index contributed by atoms with van der Waals surface area (Å²) < 4.78 is 1.08. The van der Waals surface area contributed by atoms with Crippen LogP contribution < -0.4 is 0 Å². The van der Waals surface area contributed by atoms with Crippen LogP contribution in [0.1, 0.15) is 77.2 Å². The number of halogens is 1. The monoisotopic (exact) mass is 440 g/mol. The number of rotatable bonds is 1. The molecule has 6 atom stereocenters. The van der Waals surface area contributed by atoms with Crippen molar-refractivity contribution >= 4 is 27.8 Å². The number of ketones is 1. The van der Waals surface area contributed by atoms with Crippen LogP contribution in [0.3, 0.4) is 0 Å². The minimum atomic E-state index is -0.114. The van der Waals surface area contributed by atoms with Crippen LogP contribution in [0.4, 0.5) is 0 Å². The van der Waals surface area contributed by atoms with Gasteiger partial charge in [0.25, 0.3) is 0 Å². The van der Waals surface area contributed by atoms with Crippen LogP contribution >= 0.6 is 15.9 Å². The molecule has 4 aliphatic rings. The zero-order valence-corrected chi connectivity index (χ0v) is 18.9. The van der Waals surface area contributed by atoms with Gasteiger partial charge in [0.1, 0.15) is 0 Å². The maximum atomic E-state index is 13.5. The summed E-state index contributed by atoms with van der Waals surface area (Å²) in [5, 5.41) is 0. The molecule has 0 saturated heterocycles. The highest BCUT2D eigenvalue weighted by atomic mass is 79.9. The van der Waals surface area contributed by atoms with Gasteiger partial charge >= 0.3 is 0 Å². The predicted molar refractivity (Wildman–Crippen MR) is 119 cm³/mol. The van der Waals surface area contributed by atoms with E-state index in [4.69, 9.17) is 0 Å². The Balaban J connectivity index is 1.46. The van der Waals surface area contributed by atoms with Gasteiger partial charge in [-0.25, -0.2) is 0 Å². The minimum Gasteiger partial charge on any atom is -0.294 e. The van der Waals surface area contributed by atoms with Crippen LogP contribution in [0.25, 0.3) is 6.08 Å². The van der Waals surface area contributed by atoms with E-state index in [9.17, 15) is 4.79 Å². The first-order valence-corrected chi connectivity index (χ1v) is 12.2. The Morgan fingerprint density at radius 2 is 1.89 bits per heavy atom. The molecule has 0 heterocycles. The molecule has 0 unspecified atom stereocenters. The van der Waals surface area contributed by atoms with Gasteiger partial charge in [-0.2, -0.15) is 0 Å². The Bertz CT molecular complexity index is 825. The molecule has 0 spiro atoms. The first-order chi connectivity index (χ1) is 13.4. The quantitative estimate of drug-likeness (QED) is 0.414. The van der Waals surface area contributed by atoms with Crippen molar-refractivity contribution in [1.82, 2.24) is 0 Å². The number of fused-ring (bicyclic) bond motifs is 5. The molecule has 0 amide bonds. The number of hydrogen-bond donors (Lipinski definition) is 0. The van der Waals surface area contributed by atoms with E-state index in [1.54, 1.807) is 0 Å². The number of hydrogen-bond acceptors (Lipinski definition) is 1. The third-order valence-electron chi connectivity index (χ3n) is 9.41. The highest BCUT2D eigenvalue weighted by Gasteiger charge is 2.60. The van der Waals surface area contributed by atoms with Gasteiger partial charge in [-0.1, -0.05) is 54.8 Å². The van der Waals surface area contributed by atoms with E-state index < -0.39 is 0 Å². The van der Waals surface area contributed by atoms with Crippen molar-refractivity contribution in [2.45, 2.75) is 71.6 Å². The number of allylic oxidation sites excluding steroid dienone is 1. The Labute approximate surface area is 178 Å². The molecular weight excluding hydrogens is 408 g/mol. The molecule has 0 aromatic heterocycles. The first kappa shape index (κ1) is 19.1. The van der Waals surface area contributed by atoms with Crippen molar-refractivity contribution in [1.29, 1.82) is 0 Å². The largest absolute Gasteiger partial charge is 0.294 e. The normalized spacial score (nSPS) is 44.1. The van der Waals surface area contributed by atoms with Gasteiger partial charge in [0, 0.05) is 9.89 Å². The topological polar surface area (TPSA) is 17.1 Å². The van der Waals surface area contributed by atoms with E-state index >= 15 is 0 Å². The zero-order chi connectivity index (χ0) is 19.5. The molecular formula is C26H33BrO. The van der Waals surface area contributed by atoms with Crippen LogP contribution in [0.5, 0.6) is 0 Å². The van der Waals surface area contributed by atoms with E-state index in [0.717, 1.165) is 46.2 Å². The number of benzene rings is 1. The van der Waals surface area contributed by atoms with Crippen LogP contribution in [0.2, 0.25) is 0 Å². The molecule has 4 aliphatic carbocycles. The highest BCUT2D eigenvalue weighted by Crippen LogP contribution is 2.66. The molecule has 1 aromatic rings. The summed E-state index contributed by atoms with van der Waals surface area (Å²) in [6.07, 6.45) is 14.1. The average Bonchev–Trinajstić information content (AvgIpc) is 2.92. The molecule has 0 bridgehead atoms. The lowest BCUT2D eigenvalue weighted by Crippen LogP contribution is -2.52. The van der Waals surface area contributed by atoms with Gasteiger partial charge in [0.2, 0.25) is 0 Å². The van der Waals surface area contributed by atoms with Crippen LogP contribution in [-0.2, 0) is 4.79 Å². The molecule has 2 heteroatoms. The van der Waals surface area contributed by atoms with Crippen molar-refractivity contribution in [2.75, 3.05) is 0 Å². The molecule has 4 fully saturated rings. The van der Waals surface area contributed by atoms with Crippen LogP contribution in [-0.4, -0.2) is 5.78 Å². The number of carbonyl (C=O) groups is 1. The maximum Gasteiger partial charge on any atom is 0.165 e. The molecule has 0 aliphatic heterocycles. The summed E-state index contributed by atoms with van der Waals surface area (Å²) >= 11 is 3.57. The molecule has 0 radical (unpaired) electrons. The zero-order valence-electron chi connectivity index (χ0n) is 17.3. The fourth-order valence-corrected chi connectivity index (χ4v) is 8.31. The third kappa shape index (κ3) is 2.81. The summed E-state index contributed by atoms with van der Waals surface area (Å²) in [5.74, 6) is 3.57.